The summed E-state index contributed by atoms with van der Waals surface area (Å²) >= 11 is 0. The van der Waals surface area contributed by atoms with Crippen LogP contribution in [0.3, 0.4) is 0 Å². The van der Waals surface area contributed by atoms with Gasteiger partial charge in [0.15, 0.2) is 5.58 Å². The monoisotopic (exact) mass is 394 g/mol. The van der Waals surface area contributed by atoms with Crippen LogP contribution in [0.25, 0.3) is 11.1 Å². The Kier molecular flexibility index (Phi) is 4.04. The Bertz CT molecular complexity index is 1170. The number of aryl methyl sites for hydroxylation is 1. The number of hydrogen-bond donors (Lipinski definition) is 1. The van der Waals surface area contributed by atoms with E-state index in [4.69, 9.17) is 4.42 Å². The molecule has 4 heterocycles. The summed E-state index contributed by atoms with van der Waals surface area (Å²) in [4.78, 5) is 38.3. The summed E-state index contributed by atoms with van der Waals surface area (Å²) in [6, 6.07) is 5.58. The highest BCUT2D eigenvalue weighted by Gasteiger charge is 2.37. The van der Waals surface area contributed by atoms with Crippen molar-refractivity contribution in [3.63, 3.8) is 0 Å². The van der Waals surface area contributed by atoms with E-state index in [0.717, 1.165) is 25.1 Å². The summed E-state index contributed by atoms with van der Waals surface area (Å²) < 4.78 is 6.67. The minimum absolute atomic E-state index is 0.134. The molecule has 0 aliphatic carbocycles. The topological polar surface area (TPSA) is 96.5 Å². The number of benzene rings is 1. The van der Waals surface area contributed by atoms with Crippen molar-refractivity contribution in [3.05, 3.63) is 40.5 Å². The molecule has 150 valence electrons. The molecule has 2 aliphatic heterocycles. The molecular weight excluding hydrogens is 372 g/mol. The number of amides is 1. The Balaban J connectivity index is 1.62. The van der Waals surface area contributed by atoms with Crippen molar-refractivity contribution >= 4 is 34.5 Å². The quantitative estimate of drug-likeness (QED) is 0.726. The van der Waals surface area contributed by atoms with Crippen molar-refractivity contribution in [2.75, 3.05) is 34.8 Å². The van der Waals surface area contributed by atoms with E-state index < -0.39 is 5.76 Å². The largest absolute Gasteiger partial charge is 0.419 e. The SMILES string of the molecule is CCNc1ncc2c(n1)N1CCC[C@H]1CN(c1ccc3oc(=O)n(C)c3c1)C2=O. The van der Waals surface area contributed by atoms with Gasteiger partial charge < -0.3 is 19.5 Å². The first-order chi connectivity index (χ1) is 14.1. The first-order valence-electron chi connectivity index (χ1n) is 9.86. The summed E-state index contributed by atoms with van der Waals surface area (Å²) in [5.41, 5.74) is 2.39. The zero-order valence-electron chi connectivity index (χ0n) is 16.4. The highest BCUT2D eigenvalue weighted by molar-refractivity contribution is 6.10. The molecule has 1 fully saturated rings. The number of nitrogens with one attached hydrogen (secondary N) is 1. The molecule has 0 unspecified atom stereocenters. The lowest BCUT2D eigenvalue weighted by molar-refractivity contribution is 0.0988. The maximum absolute atomic E-state index is 13.5. The maximum Gasteiger partial charge on any atom is 0.419 e. The van der Waals surface area contributed by atoms with Crippen LogP contribution in [0.5, 0.6) is 0 Å². The third-order valence-corrected chi connectivity index (χ3v) is 5.71. The normalized spacial score (nSPS) is 18.7. The van der Waals surface area contributed by atoms with E-state index in [2.05, 4.69) is 20.2 Å². The average Bonchev–Trinajstić information content (AvgIpc) is 3.27. The van der Waals surface area contributed by atoms with Crippen LogP contribution in [0.4, 0.5) is 17.5 Å². The molecule has 9 heteroatoms. The van der Waals surface area contributed by atoms with Gasteiger partial charge in [0.2, 0.25) is 5.95 Å². The zero-order valence-corrected chi connectivity index (χ0v) is 16.4. The van der Waals surface area contributed by atoms with Crippen molar-refractivity contribution < 1.29 is 9.21 Å². The second kappa shape index (κ2) is 6.61. The van der Waals surface area contributed by atoms with E-state index in [-0.39, 0.29) is 11.9 Å². The van der Waals surface area contributed by atoms with Gasteiger partial charge in [-0.15, -0.1) is 0 Å². The van der Waals surface area contributed by atoms with Crippen molar-refractivity contribution in [1.82, 2.24) is 14.5 Å². The van der Waals surface area contributed by atoms with E-state index in [1.807, 2.05) is 19.1 Å². The second-order valence-electron chi connectivity index (χ2n) is 7.45. The molecule has 0 spiro atoms. The number of aromatic nitrogens is 3. The Labute approximate surface area is 166 Å². The van der Waals surface area contributed by atoms with Crippen LogP contribution >= 0.6 is 0 Å². The zero-order chi connectivity index (χ0) is 20.1. The summed E-state index contributed by atoms with van der Waals surface area (Å²) in [5, 5.41) is 3.13. The minimum atomic E-state index is -0.420. The van der Waals surface area contributed by atoms with Crippen LogP contribution < -0.4 is 20.9 Å². The van der Waals surface area contributed by atoms with Gasteiger partial charge in [0, 0.05) is 44.6 Å². The third kappa shape index (κ3) is 2.76. The van der Waals surface area contributed by atoms with Gasteiger partial charge in [-0.05, 0) is 38.0 Å². The molecule has 2 aromatic heterocycles. The molecular formula is C20H22N6O3. The lowest BCUT2D eigenvalue weighted by atomic mass is 10.2. The van der Waals surface area contributed by atoms with Crippen LogP contribution in [0.15, 0.2) is 33.6 Å². The first kappa shape index (κ1) is 17.7. The summed E-state index contributed by atoms with van der Waals surface area (Å²) in [6.07, 6.45) is 3.67. The van der Waals surface area contributed by atoms with E-state index in [9.17, 15) is 9.59 Å². The molecule has 0 radical (unpaired) electrons. The predicted octanol–water partition coefficient (Wildman–Crippen LogP) is 1.98. The molecule has 3 aromatic rings. The lowest BCUT2D eigenvalue weighted by Crippen LogP contribution is -2.39. The lowest BCUT2D eigenvalue weighted by Gasteiger charge is -2.27. The van der Waals surface area contributed by atoms with Crippen molar-refractivity contribution in [2.45, 2.75) is 25.8 Å². The van der Waals surface area contributed by atoms with Crippen molar-refractivity contribution in [3.8, 4) is 0 Å². The predicted molar refractivity (Wildman–Crippen MR) is 110 cm³/mol. The fourth-order valence-electron chi connectivity index (χ4n) is 4.23. The minimum Gasteiger partial charge on any atom is -0.408 e. The molecule has 1 aromatic carbocycles. The molecule has 9 nitrogen and oxygen atoms in total. The number of carbonyl (C=O) groups is 1. The molecule has 1 N–H and O–H groups in total. The highest BCUT2D eigenvalue weighted by atomic mass is 16.4. The Morgan fingerprint density at radius 1 is 1.31 bits per heavy atom. The molecule has 1 atom stereocenters. The molecule has 1 amide bonds. The van der Waals surface area contributed by atoms with E-state index in [1.54, 1.807) is 24.2 Å². The number of rotatable bonds is 3. The van der Waals surface area contributed by atoms with Gasteiger partial charge in [-0.1, -0.05) is 0 Å². The Hall–Kier alpha value is -3.36. The number of nitrogens with zero attached hydrogens (tertiary/aromatic N) is 5. The van der Waals surface area contributed by atoms with Crippen molar-refractivity contribution in [1.29, 1.82) is 0 Å². The van der Waals surface area contributed by atoms with Crippen LogP contribution in [-0.2, 0) is 7.05 Å². The summed E-state index contributed by atoms with van der Waals surface area (Å²) in [6.45, 7) is 4.13. The van der Waals surface area contributed by atoms with Gasteiger partial charge in [-0.25, -0.2) is 9.78 Å². The summed E-state index contributed by atoms with van der Waals surface area (Å²) in [5.74, 6) is 0.678. The first-order valence-corrected chi connectivity index (χ1v) is 9.86. The van der Waals surface area contributed by atoms with E-state index in [0.29, 0.717) is 41.5 Å². The Morgan fingerprint density at radius 3 is 3.00 bits per heavy atom. The van der Waals surface area contributed by atoms with Crippen LogP contribution in [-0.4, -0.2) is 46.1 Å². The smallest absolute Gasteiger partial charge is 0.408 e. The van der Waals surface area contributed by atoms with Gasteiger partial charge in [0.1, 0.15) is 11.4 Å². The van der Waals surface area contributed by atoms with Gasteiger partial charge >= 0.3 is 5.76 Å². The molecule has 0 saturated carbocycles. The number of anilines is 3. The molecule has 5 rings (SSSR count). The fraction of sp³-hybridized carbons (Fsp3) is 0.400. The van der Waals surface area contributed by atoms with Crippen LogP contribution in [0.1, 0.15) is 30.1 Å². The number of fused-ring (bicyclic) bond motifs is 4. The van der Waals surface area contributed by atoms with E-state index in [1.165, 1.54) is 4.57 Å². The highest BCUT2D eigenvalue weighted by Crippen LogP contribution is 2.34. The second-order valence-corrected chi connectivity index (χ2v) is 7.45. The average molecular weight is 394 g/mol. The van der Waals surface area contributed by atoms with E-state index >= 15 is 0 Å². The molecule has 29 heavy (non-hydrogen) atoms. The fourth-order valence-corrected chi connectivity index (χ4v) is 4.23. The van der Waals surface area contributed by atoms with Crippen LogP contribution in [0, 0.1) is 0 Å². The van der Waals surface area contributed by atoms with Gasteiger partial charge in [-0.3, -0.25) is 9.36 Å². The maximum atomic E-state index is 13.5. The summed E-state index contributed by atoms with van der Waals surface area (Å²) in [7, 11) is 1.66. The standard InChI is InChI=1S/C20H22N6O3/c1-3-21-19-22-10-14-17(23-19)25-8-4-5-13(25)11-26(18(14)27)12-6-7-16-15(9-12)24(2)20(28)29-16/h6-7,9-10,13H,3-5,8,11H2,1-2H3,(H,21,22,23)/t13-/m0/s1. The Morgan fingerprint density at radius 2 is 2.17 bits per heavy atom. The number of carbonyl (C=O) groups excluding carboxylic acids is 1. The van der Waals surface area contributed by atoms with Crippen molar-refractivity contribution in [2.24, 2.45) is 7.05 Å². The number of oxazole rings is 1. The molecule has 0 bridgehead atoms. The van der Waals surface area contributed by atoms with Gasteiger partial charge in [0.25, 0.3) is 5.91 Å². The van der Waals surface area contributed by atoms with Crippen LogP contribution in [0.2, 0.25) is 0 Å². The molecule has 2 aliphatic rings. The number of hydrogen-bond acceptors (Lipinski definition) is 7. The third-order valence-electron chi connectivity index (χ3n) is 5.71. The van der Waals surface area contributed by atoms with Gasteiger partial charge in [0.05, 0.1) is 5.52 Å². The molecule has 1 saturated heterocycles. The van der Waals surface area contributed by atoms with Gasteiger partial charge in [-0.2, -0.15) is 4.98 Å².